The van der Waals surface area contributed by atoms with Crippen molar-refractivity contribution in [2.24, 2.45) is 16.3 Å². The maximum Gasteiger partial charge on any atom is 0.144 e. The number of halogens is 1. The lowest BCUT2D eigenvalue weighted by Gasteiger charge is -2.22. The second-order valence-corrected chi connectivity index (χ2v) is 6.44. The quantitative estimate of drug-likeness (QED) is 0.258. The zero-order valence-electron chi connectivity index (χ0n) is 12.3. The third-order valence-electron chi connectivity index (χ3n) is 3.40. The lowest BCUT2D eigenvalue weighted by molar-refractivity contribution is 0.288. The Labute approximate surface area is 129 Å². The van der Waals surface area contributed by atoms with Crippen molar-refractivity contribution < 1.29 is 9.94 Å². The molecular formula is C15H23BrN2O2. The van der Waals surface area contributed by atoms with Gasteiger partial charge in [-0.3, -0.25) is 0 Å². The van der Waals surface area contributed by atoms with Crippen LogP contribution in [0.3, 0.4) is 0 Å². The smallest absolute Gasteiger partial charge is 0.144 e. The summed E-state index contributed by atoms with van der Waals surface area (Å²) in [6.45, 7) is 6.66. The molecule has 0 unspecified atom stereocenters. The molecule has 0 spiro atoms. The maximum atomic E-state index is 8.70. The molecule has 0 atom stereocenters. The van der Waals surface area contributed by atoms with Gasteiger partial charge < -0.3 is 15.7 Å². The molecule has 5 heteroatoms. The first kappa shape index (κ1) is 16.8. The van der Waals surface area contributed by atoms with Crippen LogP contribution in [0.15, 0.2) is 27.8 Å². The van der Waals surface area contributed by atoms with Gasteiger partial charge in [0.05, 0.1) is 6.61 Å². The van der Waals surface area contributed by atoms with Gasteiger partial charge in [0.1, 0.15) is 11.6 Å². The van der Waals surface area contributed by atoms with Gasteiger partial charge in [0, 0.05) is 9.89 Å². The second-order valence-electron chi connectivity index (χ2n) is 5.59. The topological polar surface area (TPSA) is 67.8 Å². The fourth-order valence-corrected chi connectivity index (χ4v) is 2.08. The lowest BCUT2D eigenvalue weighted by Crippen LogP contribution is -2.31. The molecule has 3 N–H and O–H groups in total. The molecule has 1 aromatic carbocycles. The Hall–Kier alpha value is -1.23. The van der Waals surface area contributed by atoms with Crippen molar-refractivity contribution in [1.29, 1.82) is 0 Å². The first-order valence-corrected chi connectivity index (χ1v) is 7.53. The van der Waals surface area contributed by atoms with Gasteiger partial charge in [-0.1, -0.05) is 34.9 Å². The average molecular weight is 343 g/mol. The van der Waals surface area contributed by atoms with Gasteiger partial charge in [0.25, 0.3) is 0 Å². The molecule has 1 aromatic rings. The fraction of sp³-hybridized carbons (Fsp3) is 0.533. The van der Waals surface area contributed by atoms with E-state index in [4.69, 9.17) is 15.7 Å². The van der Waals surface area contributed by atoms with Crippen molar-refractivity contribution in [3.63, 3.8) is 0 Å². The summed E-state index contributed by atoms with van der Waals surface area (Å²) in [4.78, 5) is 0. The van der Waals surface area contributed by atoms with Crippen molar-refractivity contribution in [1.82, 2.24) is 0 Å². The molecule has 0 saturated heterocycles. The summed E-state index contributed by atoms with van der Waals surface area (Å²) in [6, 6.07) is 5.97. The van der Waals surface area contributed by atoms with E-state index in [1.807, 2.05) is 39.0 Å². The summed E-state index contributed by atoms with van der Waals surface area (Å²) in [5, 5.41) is 11.8. The van der Waals surface area contributed by atoms with Crippen molar-refractivity contribution in [2.75, 3.05) is 6.61 Å². The molecular weight excluding hydrogens is 320 g/mol. The summed E-state index contributed by atoms with van der Waals surface area (Å²) in [5.41, 5.74) is 6.54. The summed E-state index contributed by atoms with van der Waals surface area (Å²) >= 11 is 3.47. The second kappa shape index (κ2) is 7.53. The number of aryl methyl sites for hydroxylation is 1. The first-order chi connectivity index (χ1) is 9.36. The Morgan fingerprint density at radius 3 is 2.70 bits per heavy atom. The third kappa shape index (κ3) is 5.04. The number of ether oxygens (including phenoxy) is 1. The molecule has 0 aromatic heterocycles. The van der Waals surface area contributed by atoms with Crippen molar-refractivity contribution in [2.45, 2.75) is 40.0 Å². The van der Waals surface area contributed by atoms with Crippen LogP contribution in [-0.2, 0) is 0 Å². The molecule has 0 bridgehead atoms. The number of nitrogens with zero attached hydrogens (tertiary/aromatic N) is 1. The summed E-state index contributed by atoms with van der Waals surface area (Å²) in [6.07, 6.45) is 2.78. The SMILES string of the molecule is Cc1cc(OCCCCC(C)(C)/C(N)=N/O)ccc1Br. The number of hydrogen-bond acceptors (Lipinski definition) is 3. The summed E-state index contributed by atoms with van der Waals surface area (Å²) < 4.78 is 6.80. The average Bonchev–Trinajstić information content (AvgIpc) is 2.41. The van der Waals surface area contributed by atoms with Gasteiger partial charge in [-0.05, 0) is 49.9 Å². The molecule has 0 radical (unpaired) electrons. The summed E-state index contributed by atoms with van der Waals surface area (Å²) in [7, 11) is 0. The predicted molar refractivity (Wildman–Crippen MR) is 85.4 cm³/mol. The number of unbranched alkanes of at least 4 members (excludes halogenated alkanes) is 1. The van der Waals surface area contributed by atoms with Crippen LogP contribution < -0.4 is 10.5 Å². The van der Waals surface area contributed by atoms with Gasteiger partial charge in [-0.15, -0.1) is 0 Å². The highest BCUT2D eigenvalue weighted by atomic mass is 79.9. The van der Waals surface area contributed by atoms with E-state index >= 15 is 0 Å². The highest BCUT2D eigenvalue weighted by Gasteiger charge is 2.22. The molecule has 20 heavy (non-hydrogen) atoms. The number of oxime groups is 1. The van der Waals surface area contributed by atoms with Gasteiger partial charge in [-0.2, -0.15) is 0 Å². The van der Waals surface area contributed by atoms with E-state index in [2.05, 4.69) is 21.1 Å². The van der Waals surface area contributed by atoms with Gasteiger partial charge in [0.15, 0.2) is 0 Å². The maximum absolute atomic E-state index is 8.70. The van der Waals surface area contributed by atoms with E-state index in [9.17, 15) is 0 Å². The lowest BCUT2D eigenvalue weighted by atomic mass is 9.86. The highest BCUT2D eigenvalue weighted by Crippen LogP contribution is 2.24. The van der Waals surface area contributed by atoms with E-state index < -0.39 is 0 Å². The van der Waals surface area contributed by atoms with Crippen LogP contribution in [-0.4, -0.2) is 17.6 Å². The summed E-state index contributed by atoms with van der Waals surface area (Å²) in [5.74, 6) is 1.17. The van der Waals surface area contributed by atoms with E-state index in [-0.39, 0.29) is 11.3 Å². The van der Waals surface area contributed by atoms with Gasteiger partial charge >= 0.3 is 0 Å². The van der Waals surface area contributed by atoms with Crippen molar-refractivity contribution in [3.05, 3.63) is 28.2 Å². The minimum atomic E-state index is -0.275. The van der Waals surface area contributed by atoms with Crippen LogP contribution >= 0.6 is 15.9 Å². The standard InChI is InChI=1S/C15H23BrN2O2/c1-11-10-12(6-7-13(11)16)20-9-5-4-8-15(2,3)14(17)18-19/h6-7,10,19H,4-5,8-9H2,1-3H3,(H2,17,18). The molecule has 0 saturated carbocycles. The van der Waals surface area contributed by atoms with Crippen LogP contribution in [0.4, 0.5) is 0 Å². The van der Waals surface area contributed by atoms with Gasteiger partial charge in [-0.25, -0.2) is 0 Å². The van der Waals surface area contributed by atoms with Crippen LogP contribution in [0, 0.1) is 12.3 Å². The van der Waals surface area contributed by atoms with E-state index in [0.717, 1.165) is 35.0 Å². The Morgan fingerprint density at radius 2 is 2.10 bits per heavy atom. The monoisotopic (exact) mass is 342 g/mol. The van der Waals surface area contributed by atoms with E-state index in [1.54, 1.807) is 0 Å². The third-order valence-corrected chi connectivity index (χ3v) is 4.29. The van der Waals surface area contributed by atoms with Crippen LogP contribution in [0.2, 0.25) is 0 Å². The molecule has 0 fully saturated rings. The Kier molecular flexibility index (Phi) is 6.33. The number of benzene rings is 1. The Balaban J connectivity index is 2.30. The van der Waals surface area contributed by atoms with E-state index in [1.165, 1.54) is 0 Å². The molecule has 4 nitrogen and oxygen atoms in total. The van der Waals surface area contributed by atoms with Crippen molar-refractivity contribution >= 4 is 21.8 Å². The molecule has 112 valence electrons. The molecule has 0 aliphatic carbocycles. The largest absolute Gasteiger partial charge is 0.494 e. The van der Waals surface area contributed by atoms with Crippen LogP contribution in [0.25, 0.3) is 0 Å². The predicted octanol–water partition coefficient (Wildman–Crippen LogP) is 4.08. The molecule has 0 amide bonds. The zero-order valence-corrected chi connectivity index (χ0v) is 13.9. The number of nitrogens with two attached hydrogens (primary N) is 1. The Bertz CT molecular complexity index is 473. The molecule has 1 rings (SSSR count). The van der Waals surface area contributed by atoms with Crippen LogP contribution in [0.1, 0.15) is 38.7 Å². The first-order valence-electron chi connectivity index (χ1n) is 6.74. The number of hydrogen-bond donors (Lipinski definition) is 2. The molecule has 0 aliphatic rings. The molecule has 0 heterocycles. The minimum Gasteiger partial charge on any atom is -0.494 e. The number of amidine groups is 1. The van der Waals surface area contributed by atoms with Crippen molar-refractivity contribution in [3.8, 4) is 5.75 Å². The van der Waals surface area contributed by atoms with Crippen LogP contribution in [0.5, 0.6) is 5.75 Å². The zero-order chi connectivity index (χ0) is 15.2. The van der Waals surface area contributed by atoms with E-state index in [0.29, 0.717) is 6.61 Å². The number of rotatable bonds is 7. The fourth-order valence-electron chi connectivity index (χ4n) is 1.83. The Morgan fingerprint density at radius 1 is 1.40 bits per heavy atom. The normalized spacial score (nSPS) is 12.5. The highest BCUT2D eigenvalue weighted by molar-refractivity contribution is 9.10. The molecule has 0 aliphatic heterocycles. The van der Waals surface area contributed by atoms with Gasteiger partial charge in [0.2, 0.25) is 0 Å². The minimum absolute atomic E-state index is 0.275.